The predicted molar refractivity (Wildman–Crippen MR) is 72.1 cm³/mol. The Morgan fingerprint density at radius 2 is 1.95 bits per heavy atom. The summed E-state index contributed by atoms with van der Waals surface area (Å²) in [6.07, 6.45) is -0.0888. The van der Waals surface area contributed by atoms with Crippen LogP contribution in [-0.4, -0.2) is 16.8 Å². The minimum atomic E-state index is -0.674. The number of aliphatic hydroxyl groups is 2. The molecule has 2 aromatic carbocycles. The third kappa shape index (κ3) is 2.23. The van der Waals surface area contributed by atoms with Crippen molar-refractivity contribution in [2.24, 2.45) is 0 Å². The van der Waals surface area contributed by atoms with Gasteiger partial charge in [0.25, 0.3) is 0 Å². The van der Waals surface area contributed by atoms with Crippen LogP contribution in [0.3, 0.4) is 0 Å². The van der Waals surface area contributed by atoms with Crippen LogP contribution in [0.15, 0.2) is 42.5 Å². The van der Waals surface area contributed by atoms with Gasteiger partial charge >= 0.3 is 0 Å². The van der Waals surface area contributed by atoms with Gasteiger partial charge in [-0.2, -0.15) is 0 Å². The molecular formula is C16H16O3. The molecule has 3 heteroatoms. The summed E-state index contributed by atoms with van der Waals surface area (Å²) in [6, 6.07) is 13.5. The van der Waals surface area contributed by atoms with Crippen molar-refractivity contribution in [1.82, 2.24) is 0 Å². The van der Waals surface area contributed by atoms with Gasteiger partial charge in [0.1, 0.15) is 18.5 Å². The Hall–Kier alpha value is -1.84. The summed E-state index contributed by atoms with van der Waals surface area (Å²) >= 11 is 0. The van der Waals surface area contributed by atoms with Crippen LogP contribution in [-0.2, 0) is 13.0 Å². The summed E-state index contributed by atoms with van der Waals surface area (Å²) in [5.74, 6) is 0.713. The Kier molecular flexibility index (Phi) is 3.23. The molecule has 1 aliphatic rings. The molecule has 0 bridgehead atoms. The van der Waals surface area contributed by atoms with E-state index in [-0.39, 0.29) is 6.61 Å². The summed E-state index contributed by atoms with van der Waals surface area (Å²) < 4.78 is 5.76. The first-order valence-electron chi connectivity index (χ1n) is 6.42. The lowest BCUT2D eigenvalue weighted by Crippen LogP contribution is -2.02. The maximum absolute atomic E-state index is 10.5. The van der Waals surface area contributed by atoms with Crippen LogP contribution in [0.2, 0.25) is 0 Å². The summed E-state index contributed by atoms with van der Waals surface area (Å²) in [4.78, 5) is 0. The first kappa shape index (κ1) is 12.2. The molecule has 0 saturated carbocycles. The van der Waals surface area contributed by atoms with Gasteiger partial charge in [-0.3, -0.25) is 0 Å². The van der Waals surface area contributed by atoms with E-state index in [0.29, 0.717) is 18.8 Å². The zero-order valence-electron chi connectivity index (χ0n) is 10.5. The summed E-state index contributed by atoms with van der Waals surface area (Å²) in [7, 11) is 0. The SMILES string of the molecule is OCCc1ccc2c(c1)C(O)c1ccccc1CO2. The predicted octanol–water partition coefficient (Wildman–Crippen LogP) is 2.20. The van der Waals surface area contributed by atoms with E-state index in [1.54, 1.807) is 0 Å². The zero-order chi connectivity index (χ0) is 13.2. The molecule has 0 radical (unpaired) electrons. The van der Waals surface area contributed by atoms with Gasteiger partial charge in [0.2, 0.25) is 0 Å². The van der Waals surface area contributed by atoms with Crippen LogP contribution in [0.5, 0.6) is 5.75 Å². The van der Waals surface area contributed by atoms with E-state index in [9.17, 15) is 5.11 Å². The average Bonchev–Trinajstić information content (AvgIpc) is 2.58. The molecule has 1 unspecified atom stereocenters. The number of ether oxygens (including phenoxy) is 1. The van der Waals surface area contributed by atoms with Crippen molar-refractivity contribution in [2.45, 2.75) is 19.1 Å². The van der Waals surface area contributed by atoms with E-state index < -0.39 is 6.10 Å². The van der Waals surface area contributed by atoms with Crippen LogP contribution in [0.4, 0.5) is 0 Å². The van der Waals surface area contributed by atoms with Gasteiger partial charge in [-0.05, 0) is 35.2 Å². The first-order chi connectivity index (χ1) is 9.29. The summed E-state index contributed by atoms with van der Waals surface area (Å²) in [6.45, 7) is 0.575. The minimum absolute atomic E-state index is 0.103. The maximum atomic E-state index is 10.5. The van der Waals surface area contributed by atoms with E-state index >= 15 is 0 Å². The summed E-state index contributed by atoms with van der Waals surface area (Å²) in [5, 5.41) is 19.6. The van der Waals surface area contributed by atoms with Crippen molar-refractivity contribution < 1.29 is 14.9 Å². The Balaban J connectivity index is 2.07. The standard InChI is InChI=1S/C16H16O3/c17-8-7-11-5-6-15-14(9-11)16(18)13-4-2-1-3-12(13)10-19-15/h1-6,9,16-18H,7-8,10H2. The fourth-order valence-electron chi connectivity index (χ4n) is 2.48. The number of fused-ring (bicyclic) bond motifs is 2. The minimum Gasteiger partial charge on any atom is -0.488 e. The third-order valence-corrected chi connectivity index (χ3v) is 3.50. The van der Waals surface area contributed by atoms with Gasteiger partial charge in [-0.1, -0.05) is 30.3 Å². The molecule has 0 saturated heterocycles. The van der Waals surface area contributed by atoms with Crippen LogP contribution in [0.1, 0.15) is 28.4 Å². The molecule has 0 aliphatic carbocycles. The van der Waals surface area contributed by atoms with Gasteiger partial charge in [-0.25, -0.2) is 0 Å². The van der Waals surface area contributed by atoms with E-state index in [0.717, 1.165) is 22.3 Å². The second-order valence-corrected chi connectivity index (χ2v) is 4.74. The molecule has 0 spiro atoms. The van der Waals surface area contributed by atoms with Crippen LogP contribution < -0.4 is 4.74 Å². The average molecular weight is 256 g/mol. The van der Waals surface area contributed by atoms with Crippen molar-refractivity contribution in [1.29, 1.82) is 0 Å². The Morgan fingerprint density at radius 3 is 2.79 bits per heavy atom. The molecule has 19 heavy (non-hydrogen) atoms. The van der Waals surface area contributed by atoms with Crippen molar-refractivity contribution >= 4 is 0 Å². The zero-order valence-corrected chi connectivity index (χ0v) is 10.5. The smallest absolute Gasteiger partial charge is 0.125 e. The van der Waals surface area contributed by atoms with Gasteiger partial charge < -0.3 is 14.9 Å². The van der Waals surface area contributed by atoms with Gasteiger partial charge in [-0.15, -0.1) is 0 Å². The normalized spacial score (nSPS) is 17.1. The number of hydrogen-bond acceptors (Lipinski definition) is 3. The molecule has 2 aromatic rings. The fraction of sp³-hybridized carbons (Fsp3) is 0.250. The van der Waals surface area contributed by atoms with E-state index in [1.165, 1.54) is 0 Å². The molecule has 98 valence electrons. The fourth-order valence-corrected chi connectivity index (χ4v) is 2.48. The largest absolute Gasteiger partial charge is 0.488 e. The van der Waals surface area contributed by atoms with Crippen molar-refractivity contribution in [2.75, 3.05) is 6.61 Å². The second-order valence-electron chi connectivity index (χ2n) is 4.74. The number of hydrogen-bond donors (Lipinski definition) is 2. The highest BCUT2D eigenvalue weighted by Crippen LogP contribution is 2.36. The number of benzene rings is 2. The Labute approximate surface area is 112 Å². The Morgan fingerprint density at radius 1 is 1.11 bits per heavy atom. The second kappa shape index (κ2) is 5.03. The van der Waals surface area contributed by atoms with Crippen LogP contribution in [0.25, 0.3) is 0 Å². The van der Waals surface area contributed by atoms with Crippen molar-refractivity contribution in [3.63, 3.8) is 0 Å². The molecule has 0 aromatic heterocycles. The first-order valence-corrected chi connectivity index (χ1v) is 6.42. The maximum Gasteiger partial charge on any atom is 0.125 e. The van der Waals surface area contributed by atoms with E-state index in [1.807, 2.05) is 42.5 Å². The van der Waals surface area contributed by atoms with Gasteiger partial charge in [0.05, 0.1) is 0 Å². The summed E-state index contributed by atoms with van der Waals surface area (Å²) in [5.41, 5.74) is 3.68. The molecular weight excluding hydrogens is 240 g/mol. The highest BCUT2D eigenvalue weighted by atomic mass is 16.5. The van der Waals surface area contributed by atoms with Crippen molar-refractivity contribution in [3.05, 3.63) is 64.7 Å². The van der Waals surface area contributed by atoms with Gasteiger partial charge in [0.15, 0.2) is 0 Å². The van der Waals surface area contributed by atoms with Crippen molar-refractivity contribution in [3.8, 4) is 5.75 Å². The number of rotatable bonds is 2. The number of aliphatic hydroxyl groups excluding tert-OH is 2. The van der Waals surface area contributed by atoms with Crippen LogP contribution >= 0.6 is 0 Å². The molecule has 0 fully saturated rings. The topological polar surface area (TPSA) is 49.7 Å². The lowest BCUT2D eigenvalue weighted by Gasteiger charge is -2.14. The highest BCUT2D eigenvalue weighted by molar-refractivity contribution is 5.46. The van der Waals surface area contributed by atoms with Gasteiger partial charge in [0, 0.05) is 12.2 Å². The highest BCUT2D eigenvalue weighted by Gasteiger charge is 2.22. The van der Waals surface area contributed by atoms with Crippen LogP contribution in [0, 0.1) is 0 Å². The lowest BCUT2D eigenvalue weighted by atomic mass is 9.96. The monoisotopic (exact) mass is 256 g/mol. The lowest BCUT2D eigenvalue weighted by molar-refractivity contribution is 0.218. The van der Waals surface area contributed by atoms with E-state index in [2.05, 4.69) is 0 Å². The quantitative estimate of drug-likeness (QED) is 0.866. The molecule has 2 N–H and O–H groups in total. The molecule has 3 nitrogen and oxygen atoms in total. The molecule has 1 heterocycles. The molecule has 1 aliphatic heterocycles. The van der Waals surface area contributed by atoms with E-state index in [4.69, 9.17) is 9.84 Å². The third-order valence-electron chi connectivity index (χ3n) is 3.50. The molecule has 1 atom stereocenters. The molecule has 3 rings (SSSR count). The Bertz CT molecular complexity index is 592. The molecule has 0 amide bonds.